The first-order valence-electron chi connectivity index (χ1n) is 7.01. The number of nitrogens with zero attached hydrogens (tertiary/aromatic N) is 2. The second-order valence-corrected chi connectivity index (χ2v) is 6.08. The van der Waals surface area contributed by atoms with Crippen LogP contribution in [0.15, 0.2) is 41.3 Å². The van der Waals surface area contributed by atoms with Crippen LogP contribution in [0.5, 0.6) is 5.88 Å². The molecular formula is C15H15N4O4P. The molecule has 0 amide bonds. The lowest BCUT2D eigenvalue weighted by Gasteiger charge is -2.10. The quantitative estimate of drug-likeness (QED) is 0.506. The molecule has 24 heavy (non-hydrogen) atoms. The maximum Gasteiger partial charge on any atom is 0.275 e. The number of methoxy groups -OCH3 is 1. The molecule has 0 radical (unpaired) electrons. The van der Waals surface area contributed by atoms with Crippen molar-refractivity contribution in [3.63, 3.8) is 0 Å². The summed E-state index contributed by atoms with van der Waals surface area (Å²) in [6.07, 6.45) is 1.53. The number of anilines is 1. The van der Waals surface area contributed by atoms with Crippen LogP contribution < -0.4 is 20.9 Å². The summed E-state index contributed by atoms with van der Waals surface area (Å²) < 4.78 is 5.15. The Balaban J connectivity index is 1.90. The normalized spacial score (nSPS) is 11.0. The van der Waals surface area contributed by atoms with Crippen molar-refractivity contribution in [1.82, 2.24) is 15.2 Å². The third-order valence-electron chi connectivity index (χ3n) is 3.46. The maximum atomic E-state index is 12.0. The van der Waals surface area contributed by atoms with Crippen molar-refractivity contribution in [3.8, 4) is 5.88 Å². The minimum Gasteiger partial charge on any atom is -0.481 e. The predicted octanol–water partition coefficient (Wildman–Crippen LogP) is 0.861. The van der Waals surface area contributed by atoms with E-state index in [4.69, 9.17) is 14.5 Å². The van der Waals surface area contributed by atoms with E-state index in [0.717, 1.165) is 5.56 Å². The van der Waals surface area contributed by atoms with Gasteiger partial charge in [0.25, 0.3) is 5.56 Å². The van der Waals surface area contributed by atoms with E-state index in [2.05, 4.69) is 20.5 Å². The summed E-state index contributed by atoms with van der Waals surface area (Å²) in [6, 6.07) is 8.49. The van der Waals surface area contributed by atoms with E-state index in [9.17, 15) is 4.79 Å². The van der Waals surface area contributed by atoms with Crippen molar-refractivity contribution in [2.75, 3.05) is 12.4 Å². The van der Waals surface area contributed by atoms with Crippen LogP contribution in [0.1, 0.15) is 5.56 Å². The van der Waals surface area contributed by atoms with Gasteiger partial charge in [-0.25, -0.2) is 5.10 Å². The molecule has 0 bridgehead atoms. The lowest BCUT2D eigenvalue weighted by Crippen LogP contribution is -2.13. The summed E-state index contributed by atoms with van der Waals surface area (Å²) in [5.74, 6) is 0.766. The number of fused-ring (bicyclic) bond motifs is 1. The lowest BCUT2D eigenvalue weighted by molar-refractivity contribution is 0.399. The van der Waals surface area contributed by atoms with Gasteiger partial charge in [-0.3, -0.25) is 4.79 Å². The summed E-state index contributed by atoms with van der Waals surface area (Å²) in [5.41, 5.74) is 0.561. The van der Waals surface area contributed by atoms with Crippen molar-refractivity contribution < 1.29 is 14.5 Å². The molecule has 0 saturated carbocycles. The summed E-state index contributed by atoms with van der Waals surface area (Å²) in [5, 5.41) is 10.8. The average molecular weight is 346 g/mol. The highest BCUT2D eigenvalue weighted by Gasteiger charge is 2.10. The molecule has 8 nitrogen and oxygen atoms in total. The summed E-state index contributed by atoms with van der Waals surface area (Å²) in [6.45, 7) is 0.409. The molecule has 9 heteroatoms. The smallest absolute Gasteiger partial charge is 0.275 e. The van der Waals surface area contributed by atoms with Gasteiger partial charge in [0.2, 0.25) is 5.88 Å². The van der Waals surface area contributed by atoms with E-state index in [1.807, 2.05) is 0 Å². The third-order valence-corrected chi connectivity index (χ3v) is 4.22. The molecule has 0 fully saturated rings. The van der Waals surface area contributed by atoms with E-state index >= 15 is 0 Å². The summed E-state index contributed by atoms with van der Waals surface area (Å²) >= 11 is 0. The third kappa shape index (κ3) is 3.35. The first-order valence-corrected chi connectivity index (χ1v) is 8.26. The fourth-order valence-corrected chi connectivity index (χ4v) is 2.68. The van der Waals surface area contributed by atoms with Crippen LogP contribution >= 0.6 is 8.38 Å². The molecule has 3 rings (SSSR count). The van der Waals surface area contributed by atoms with Crippen LogP contribution in [0.2, 0.25) is 0 Å². The van der Waals surface area contributed by atoms with Gasteiger partial charge < -0.3 is 19.8 Å². The van der Waals surface area contributed by atoms with Gasteiger partial charge in [-0.15, -0.1) is 0 Å². The SMILES string of the molecule is COc1cc2cn[nH]c(=O)c2c(NCc2ccc(P(O)O)cc2)n1. The van der Waals surface area contributed by atoms with E-state index in [0.29, 0.717) is 34.3 Å². The zero-order valence-electron chi connectivity index (χ0n) is 12.7. The average Bonchev–Trinajstić information content (AvgIpc) is 2.59. The Morgan fingerprint density at radius 1 is 1.29 bits per heavy atom. The van der Waals surface area contributed by atoms with Crippen LogP contribution in [-0.2, 0) is 6.54 Å². The van der Waals surface area contributed by atoms with E-state index in [-0.39, 0.29) is 5.56 Å². The molecule has 0 aliphatic carbocycles. The van der Waals surface area contributed by atoms with Gasteiger partial charge in [-0.05, 0) is 17.7 Å². The number of benzene rings is 1. The van der Waals surface area contributed by atoms with Crippen LogP contribution in [-0.4, -0.2) is 32.1 Å². The number of rotatable bonds is 5. The Hall–Kier alpha value is -2.54. The minimum absolute atomic E-state index is 0.341. The van der Waals surface area contributed by atoms with E-state index in [1.165, 1.54) is 13.3 Å². The van der Waals surface area contributed by atoms with E-state index in [1.54, 1.807) is 30.3 Å². The zero-order chi connectivity index (χ0) is 17.1. The second-order valence-electron chi connectivity index (χ2n) is 4.99. The molecule has 0 aliphatic rings. The molecule has 0 aliphatic heterocycles. The molecule has 0 unspecified atom stereocenters. The number of aromatic amines is 1. The highest BCUT2D eigenvalue weighted by molar-refractivity contribution is 7.54. The van der Waals surface area contributed by atoms with E-state index < -0.39 is 8.38 Å². The minimum atomic E-state index is -2.10. The molecule has 2 heterocycles. The van der Waals surface area contributed by atoms with Gasteiger partial charge in [0.1, 0.15) is 5.82 Å². The van der Waals surface area contributed by atoms with Gasteiger partial charge in [-0.1, -0.05) is 12.1 Å². The van der Waals surface area contributed by atoms with Crippen molar-refractivity contribution in [3.05, 3.63) is 52.4 Å². The Morgan fingerprint density at radius 2 is 2.04 bits per heavy atom. The highest BCUT2D eigenvalue weighted by atomic mass is 31.2. The Morgan fingerprint density at radius 3 is 2.71 bits per heavy atom. The Kier molecular flexibility index (Phi) is 4.71. The predicted molar refractivity (Wildman–Crippen MR) is 91.5 cm³/mol. The highest BCUT2D eigenvalue weighted by Crippen LogP contribution is 2.24. The monoisotopic (exact) mass is 346 g/mol. The zero-order valence-corrected chi connectivity index (χ0v) is 13.6. The van der Waals surface area contributed by atoms with Crippen molar-refractivity contribution >= 4 is 30.3 Å². The van der Waals surface area contributed by atoms with Crippen LogP contribution in [0, 0.1) is 0 Å². The molecule has 3 aromatic rings. The first kappa shape index (κ1) is 16.3. The van der Waals surface area contributed by atoms with Gasteiger partial charge in [0.05, 0.1) is 18.7 Å². The van der Waals surface area contributed by atoms with Gasteiger partial charge in [-0.2, -0.15) is 10.1 Å². The number of hydrogen-bond acceptors (Lipinski definition) is 7. The number of H-pyrrole nitrogens is 1. The molecule has 1 aromatic carbocycles. The first-order chi connectivity index (χ1) is 11.6. The lowest BCUT2D eigenvalue weighted by atomic mass is 10.2. The summed E-state index contributed by atoms with van der Waals surface area (Å²) in [7, 11) is -0.598. The summed E-state index contributed by atoms with van der Waals surface area (Å²) in [4.78, 5) is 34.7. The second kappa shape index (κ2) is 6.92. The molecule has 4 N–H and O–H groups in total. The Bertz CT molecular complexity index is 911. The molecule has 124 valence electrons. The molecule has 2 aromatic heterocycles. The number of ether oxygens (including phenoxy) is 1. The number of pyridine rings is 1. The standard InChI is InChI=1S/C15H15N4O4P/c1-23-12-6-10-8-17-19-15(20)13(10)14(18-12)16-7-9-2-4-11(5-3-9)24(21)22/h2-6,8,21-22H,7H2,1H3,(H,16,18)(H,19,20). The fraction of sp³-hybridized carbons (Fsp3) is 0.133. The molecule has 0 spiro atoms. The van der Waals surface area contributed by atoms with Gasteiger partial charge >= 0.3 is 0 Å². The van der Waals surface area contributed by atoms with Crippen LogP contribution in [0.25, 0.3) is 10.8 Å². The number of aromatic nitrogens is 3. The van der Waals surface area contributed by atoms with Crippen LogP contribution in [0.3, 0.4) is 0 Å². The van der Waals surface area contributed by atoms with Crippen molar-refractivity contribution in [2.24, 2.45) is 0 Å². The van der Waals surface area contributed by atoms with Crippen LogP contribution in [0.4, 0.5) is 5.82 Å². The number of nitrogens with one attached hydrogen (secondary N) is 2. The number of hydrogen-bond donors (Lipinski definition) is 4. The maximum absolute atomic E-state index is 12.0. The largest absolute Gasteiger partial charge is 0.481 e. The van der Waals surface area contributed by atoms with Crippen molar-refractivity contribution in [2.45, 2.75) is 6.54 Å². The van der Waals surface area contributed by atoms with Crippen molar-refractivity contribution in [1.29, 1.82) is 0 Å². The Labute approximate surface area is 138 Å². The topological polar surface area (TPSA) is 120 Å². The fourth-order valence-electron chi connectivity index (χ4n) is 2.26. The molecule has 0 atom stereocenters. The van der Waals surface area contributed by atoms with Gasteiger partial charge in [0.15, 0.2) is 8.38 Å². The van der Waals surface area contributed by atoms with Gasteiger partial charge in [0, 0.05) is 23.3 Å². The molecule has 0 saturated heterocycles. The molecular weight excluding hydrogens is 331 g/mol.